The van der Waals surface area contributed by atoms with E-state index in [1.165, 1.54) is 6.42 Å². The Labute approximate surface area is 84.1 Å². The van der Waals surface area contributed by atoms with Crippen LogP contribution in [0.5, 0.6) is 0 Å². The molecule has 3 heteroatoms. The summed E-state index contributed by atoms with van der Waals surface area (Å²) < 4.78 is 5.37. The van der Waals surface area contributed by atoms with Crippen molar-refractivity contribution in [2.24, 2.45) is 5.41 Å². The van der Waals surface area contributed by atoms with Gasteiger partial charge >= 0.3 is 0 Å². The summed E-state index contributed by atoms with van der Waals surface area (Å²) in [6.45, 7) is 5.25. The quantitative estimate of drug-likeness (QED) is 0.768. The molecule has 1 aliphatic rings. The van der Waals surface area contributed by atoms with E-state index >= 15 is 0 Å². The van der Waals surface area contributed by atoms with Crippen LogP contribution in [0.3, 0.4) is 0 Å². The lowest BCUT2D eigenvalue weighted by Gasteiger charge is -2.03. The molecule has 0 radical (unpaired) electrons. The van der Waals surface area contributed by atoms with Crippen molar-refractivity contribution < 1.29 is 9.52 Å². The SMILES string of the molecule is CC1(C)CC1NCc1ccc(CO)o1. The first kappa shape index (κ1) is 9.74. The Hall–Kier alpha value is -0.800. The fourth-order valence-corrected chi connectivity index (χ4v) is 1.64. The normalized spacial score (nSPS) is 23.8. The van der Waals surface area contributed by atoms with Crippen LogP contribution in [0.15, 0.2) is 16.5 Å². The van der Waals surface area contributed by atoms with Gasteiger partial charge in [0.15, 0.2) is 0 Å². The smallest absolute Gasteiger partial charge is 0.129 e. The van der Waals surface area contributed by atoms with Gasteiger partial charge in [-0.25, -0.2) is 0 Å². The Morgan fingerprint density at radius 2 is 2.14 bits per heavy atom. The fourth-order valence-electron chi connectivity index (χ4n) is 1.64. The standard InChI is InChI=1S/C11H17NO2/c1-11(2)5-10(11)12-6-8-3-4-9(7-13)14-8/h3-4,10,12-13H,5-7H2,1-2H3. The van der Waals surface area contributed by atoms with Crippen LogP contribution in [0.4, 0.5) is 0 Å². The fraction of sp³-hybridized carbons (Fsp3) is 0.636. The van der Waals surface area contributed by atoms with Gasteiger partial charge in [0.05, 0.1) is 6.54 Å². The largest absolute Gasteiger partial charge is 0.462 e. The second-order valence-corrected chi connectivity index (χ2v) is 4.65. The van der Waals surface area contributed by atoms with E-state index in [0.717, 1.165) is 12.3 Å². The van der Waals surface area contributed by atoms with Gasteiger partial charge in [-0.1, -0.05) is 13.8 Å². The van der Waals surface area contributed by atoms with Crippen LogP contribution in [0, 0.1) is 5.41 Å². The molecule has 1 aliphatic carbocycles. The van der Waals surface area contributed by atoms with Crippen LogP contribution in [0.1, 0.15) is 31.8 Å². The van der Waals surface area contributed by atoms with Crippen LogP contribution in [0.2, 0.25) is 0 Å². The van der Waals surface area contributed by atoms with E-state index in [9.17, 15) is 0 Å². The van der Waals surface area contributed by atoms with Crippen LogP contribution >= 0.6 is 0 Å². The van der Waals surface area contributed by atoms with Crippen LogP contribution in [0.25, 0.3) is 0 Å². The Bertz CT molecular complexity index is 317. The van der Waals surface area contributed by atoms with Crippen molar-refractivity contribution in [1.82, 2.24) is 5.32 Å². The Kier molecular flexibility index (Phi) is 2.37. The highest BCUT2D eigenvalue weighted by molar-refractivity contribution is 5.08. The van der Waals surface area contributed by atoms with Crippen molar-refractivity contribution in [1.29, 1.82) is 0 Å². The molecule has 0 bridgehead atoms. The lowest BCUT2D eigenvalue weighted by Crippen LogP contribution is -2.19. The molecule has 0 saturated heterocycles. The first-order chi connectivity index (χ1) is 6.62. The molecule has 1 fully saturated rings. The predicted octanol–water partition coefficient (Wildman–Crippen LogP) is 1.66. The molecule has 1 atom stereocenters. The van der Waals surface area contributed by atoms with E-state index in [2.05, 4.69) is 19.2 Å². The topological polar surface area (TPSA) is 45.4 Å². The predicted molar refractivity (Wildman–Crippen MR) is 53.7 cm³/mol. The number of hydrogen-bond donors (Lipinski definition) is 2. The molecule has 14 heavy (non-hydrogen) atoms. The average Bonchev–Trinajstić information content (AvgIpc) is 2.62. The molecule has 1 aromatic rings. The molecule has 1 aromatic heterocycles. The van der Waals surface area contributed by atoms with Crippen LogP contribution in [-0.2, 0) is 13.2 Å². The van der Waals surface area contributed by atoms with E-state index < -0.39 is 0 Å². The molecule has 3 nitrogen and oxygen atoms in total. The highest BCUT2D eigenvalue weighted by atomic mass is 16.4. The summed E-state index contributed by atoms with van der Waals surface area (Å²) in [5, 5.41) is 12.2. The van der Waals surface area contributed by atoms with E-state index in [-0.39, 0.29) is 6.61 Å². The highest BCUT2D eigenvalue weighted by Gasteiger charge is 2.45. The third-order valence-electron chi connectivity index (χ3n) is 2.91. The molecular weight excluding hydrogens is 178 g/mol. The molecule has 1 heterocycles. The summed E-state index contributed by atoms with van der Waals surface area (Å²) >= 11 is 0. The van der Waals surface area contributed by atoms with Gasteiger partial charge in [-0.3, -0.25) is 0 Å². The minimum Gasteiger partial charge on any atom is -0.462 e. The number of furan rings is 1. The van der Waals surface area contributed by atoms with Gasteiger partial charge < -0.3 is 14.8 Å². The average molecular weight is 195 g/mol. The van der Waals surface area contributed by atoms with Crippen molar-refractivity contribution in [3.63, 3.8) is 0 Å². The molecular formula is C11H17NO2. The van der Waals surface area contributed by atoms with Gasteiger partial charge in [0.25, 0.3) is 0 Å². The zero-order valence-electron chi connectivity index (χ0n) is 8.71. The van der Waals surface area contributed by atoms with Gasteiger partial charge in [-0.2, -0.15) is 0 Å². The highest BCUT2D eigenvalue weighted by Crippen LogP contribution is 2.44. The lowest BCUT2D eigenvalue weighted by molar-refractivity contribution is 0.242. The summed E-state index contributed by atoms with van der Waals surface area (Å²) in [4.78, 5) is 0. The van der Waals surface area contributed by atoms with E-state index in [4.69, 9.17) is 9.52 Å². The molecule has 1 saturated carbocycles. The van der Waals surface area contributed by atoms with Gasteiger partial charge in [0.1, 0.15) is 18.1 Å². The molecule has 2 rings (SSSR count). The van der Waals surface area contributed by atoms with Gasteiger partial charge in [-0.15, -0.1) is 0 Å². The maximum absolute atomic E-state index is 8.81. The molecule has 0 aromatic carbocycles. The number of rotatable bonds is 4. The number of hydrogen-bond acceptors (Lipinski definition) is 3. The maximum atomic E-state index is 8.81. The van der Waals surface area contributed by atoms with Crippen molar-refractivity contribution in [2.75, 3.05) is 0 Å². The van der Waals surface area contributed by atoms with Crippen LogP contribution < -0.4 is 5.32 Å². The van der Waals surface area contributed by atoms with E-state index in [1.807, 2.05) is 12.1 Å². The summed E-state index contributed by atoms with van der Waals surface area (Å²) in [7, 11) is 0. The lowest BCUT2D eigenvalue weighted by atomic mass is 10.2. The van der Waals surface area contributed by atoms with E-state index in [1.54, 1.807) is 0 Å². The van der Waals surface area contributed by atoms with Gasteiger partial charge in [-0.05, 0) is 24.0 Å². The molecule has 1 unspecified atom stereocenters. The molecule has 0 aliphatic heterocycles. The zero-order chi connectivity index (χ0) is 10.2. The Morgan fingerprint density at radius 3 is 2.64 bits per heavy atom. The van der Waals surface area contributed by atoms with Crippen molar-refractivity contribution in [3.05, 3.63) is 23.7 Å². The van der Waals surface area contributed by atoms with Crippen LogP contribution in [-0.4, -0.2) is 11.1 Å². The minimum atomic E-state index is -0.0189. The van der Waals surface area contributed by atoms with Gasteiger partial charge in [0, 0.05) is 6.04 Å². The number of nitrogens with one attached hydrogen (secondary N) is 1. The molecule has 78 valence electrons. The third-order valence-corrected chi connectivity index (χ3v) is 2.91. The maximum Gasteiger partial charge on any atom is 0.129 e. The van der Waals surface area contributed by atoms with Crippen molar-refractivity contribution >= 4 is 0 Å². The van der Waals surface area contributed by atoms with Crippen molar-refractivity contribution in [2.45, 2.75) is 39.5 Å². The van der Waals surface area contributed by atoms with Gasteiger partial charge in [0.2, 0.25) is 0 Å². The Morgan fingerprint density at radius 1 is 1.50 bits per heavy atom. The second-order valence-electron chi connectivity index (χ2n) is 4.65. The van der Waals surface area contributed by atoms with Crippen molar-refractivity contribution in [3.8, 4) is 0 Å². The molecule has 0 amide bonds. The molecule has 2 N–H and O–H groups in total. The Balaban J connectivity index is 1.81. The number of aliphatic hydroxyl groups is 1. The number of aliphatic hydroxyl groups excluding tert-OH is 1. The second kappa shape index (κ2) is 3.41. The van der Waals surface area contributed by atoms with E-state index in [0.29, 0.717) is 17.2 Å². The summed E-state index contributed by atoms with van der Waals surface area (Å²) in [5.74, 6) is 1.54. The third kappa shape index (κ3) is 1.99. The monoisotopic (exact) mass is 195 g/mol. The summed E-state index contributed by atoms with van der Waals surface area (Å²) in [6.07, 6.45) is 1.24. The molecule has 0 spiro atoms. The zero-order valence-corrected chi connectivity index (χ0v) is 8.71. The first-order valence-corrected chi connectivity index (χ1v) is 5.03. The minimum absolute atomic E-state index is 0.0189. The summed E-state index contributed by atoms with van der Waals surface area (Å²) in [5.41, 5.74) is 0.451. The first-order valence-electron chi connectivity index (χ1n) is 5.03. The summed E-state index contributed by atoms with van der Waals surface area (Å²) in [6, 6.07) is 4.34.